The van der Waals surface area contributed by atoms with Crippen LogP contribution in [0.15, 0.2) is 0 Å². The van der Waals surface area contributed by atoms with Crippen LogP contribution in [-0.2, 0) is 4.74 Å². The van der Waals surface area contributed by atoms with Crippen LogP contribution in [0.1, 0.15) is 33.1 Å². The second-order valence-corrected chi connectivity index (χ2v) is 6.78. The van der Waals surface area contributed by atoms with E-state index in [1.807, 2.05) is 0 Å². The lowest BCUT2D eigenvalue weighted by atomic mass is 9.85. The van der Waals surface area contributed by atoms with Crippen LogP contribution in [0.3, 0.4) is 0 Å². The number of aliphatic hydroxyl groups is 1. The van der Waals surface area contributed by atoms with E-state index in [0.29, 0.717) is 0 Å². The Morgan fingerprint density at radius 2 is 2.17 bits per heavy atom. The van der Waals surface area contributed by atoms with Crippen molar-refractivity contribution in [1.29, 1.82) is 0 Å². The van der Waals surface area contributed by atoms with Crippen LogP contribution in [0, 0.1) is 5.41 Å². The van der Waals surface area contributed by atoms with Gasteiger partial charge in [0.25, 0.3) is 0 Å². The Bertz CT molecular complexity index is 271. The molecule has 2 fully saturated rings. The molecule has 0 aromatic rings. The first kappa shape index (κ1) is 14.3. The SMILES string of the molecule is CN(CC1(CNC2CC2)CCOC1)C(C)(C)CO. The number of hydrogen-bond donors (Lipinski definition) is 2. The molecule has 0 bridgehead atoms. The quantitative estimate of drug-likeness (QED) is 0.709. The Hall–Kier alpha value is -0.160. The Morgan fingerprint density at radius 3 is 2.67 bits per heavy atom. The zero-order chi connectivity index (χ0) is 13.2. The van der Waals surface area contributed by atoms with Crippen molar-refractivity contribution in [3.05, 3.63) is 0 Å². The highest BCUT2D eigenvalue weighted by Gasteiger charge is 2.39. The number of nitrogens with one attached hydrogen (secondary N) is 1. The number of aliphatic hydroxyl groups excluding tert-OH is 1. The minimum Gasteiger partial charge on any atom is -0.394 e. The molecule has 1 aliphatic heterocycles. The Balaban J connectivity index is 1.91. The first-order chi connectivity index (χ1) is 8.47. The van der Waals surface area contributed by atoms with E-state index < -0.39 is 0 Å². The standard InChI is InChI=1S/C14H28N2O2/c1-13(2,10-17)16(3)9-14(6-7-18-11-14)8-15-12-4-5-12/h12,15,17H,4-11H2,1-3H3. The molecule has 0 amide bonds. The second kappa shape index (κ2) is 5.45. The lowest BCUT2D eigenvalue weighted by Gasteiger charge is -2.40. The molecule has 1 atom stereocenters. The molecule has 1 aliphatic carbocycles. The fourth-order valence-corrected chi connectivity index (χ4v) is 2.46. The summed E-state index contributed by atoms with van der Waals surface area (Å²) in [6, 6.07) is 0.749. The molecule has 0 spiro atoms. The lowest BCUT2D eigenvalue weighted by Crippen LogP contribution is -2.52. The van der Waals surface area contributed by atoms with E-state index >= 15 is 0 Å². The van der Waals surface area contributed by atoms with E-state index in [0.717, 1.165) is 38.8 Å². The molecule has 0 radical (unpaired) electrons. The summed E-state index contributed by atoms with van der Waals surface area (Å²) in [5.74, 6) is 0. The lowest BCUT2D eigenvalue weighted by molar-refractivity contribution is 0.0344. The molecular weight excluding hydrogens is 228 g/mol. The smallest absolute Gasteiger partial charge is 0.0609 e. The Labute approximate surface area is 111 Å². The summed E-state index contributed by atoms with van der Waals surface area (Å²) in [4.78, 5) is 2.27. The van der Waals surface area contributed by atoms with Crippen molar-refractivity contribution in [1.82, 2.24) is 10.2 Å². The fraction of sp³-hybridized carbons (Fsp3) is 1.00. The minimum atomic E-state index is -0.158. The van der Waals surface area contributed by atoms with Gasteiger partial charge in [0.2, 0.25) is 0 Å². The largest absolute Gasteiger partial charge is 0.394 e. The summed E-state index contributed by atoms with van der Waals surface area (Å²) < 4.78 is 5.63. The van der Waals surface area contributed by atoms with Crippen LogP contribution in [0.5, 0.6) is 0 Å². The maximum absolute atomic E-state index is 9.46. The first-order valence-electron chi connectivity index (χ1n) is 7.11. The van der Waals surface area contributed by atoms with Gasteiger partial charge in [-0.1, -0.05) is 0 Å². The highest BCUT2D eigenvalue weighted by Crippen LogP contribution is 2.32. The molecule has 1 heterocycles. The monoisotopic (exact) mass is 256 g/mol. The summed E-state index contributed by atoms with van der Waals surface area (Å²) in [5.41, 5.74) is 0.0684. The molecule has 2 rings (SSSR count). The van der Waals surface area contributed by atoms with Gasteiger partial charge < -0.3 is 15.2 Å². The summed E-state index contributed by atoms with van der Waals surface area (Å²) in [5, 5.41) is 13.1. The average molecular weight is 256 g/mol. The molecule has 2 N–H and O–H groups in total. The second-order valence-electron chi connectivity index (χ2n) is 6.78. The zero-order valence-corrected chi connectivity index (χ0v) is 12.0. The number of likely N-dealkylation sites (N-methyl/N-ethyl adjacent to an activating group) is 1. The topological polar surface area (TPSA) is 44.7 Å². The number of hydrogen-bond acceptors (Lipinski definition) is 4. The zero-order valence-electron chi connectivity index (χ0n) is 12.0. The molecule has 4 nitrogen and oxygen atoms in total. The van der Waals surface area contributed by atoms with Gasteiger partial charge in [-0.25, -0.2) is 0 Å². The van der Waals surface area contributed by atoms with Crippen LogP contribution in [-0.4, -0.2) is 61.5 Å². The molecule has 106 valence electrons. The van der Waals surface area contributed by atoms with Crippen molar-refractivity contribution in [3.63, 3.8) is 0 Å². The Morgan fingerprint density at radius 1 is 1.44 bits per heavy atom. The first-order valence-corrected chi connectivity index (χ1v) is 7.11. The summed E-state index contributed by atoms with van der Waals surface area (Å²) in [6.07, 6.45) is 3.78. The third-order valence-corrected chi connectivity index (χ3v) is 4.52. The molecule has 0 aromatic heterocycles. The van der Waals surface area contributed by atoms with E-state index in [2.05, 4.69) is 31.1 Å². The molecule has 1 unspecified atom stereocenters. The third kappa shape index (κ3) is 3.44. The van der Waals surface area contributed by atoms with E-state index in [1.54, 1.807) is 0 Å². The van der Waals surface area contributed by atoms with Crippen molar-refractivity contribution in [2.45, 2.75) is 44.7 Å². The third-order valence-electron chi connectivity index (χ3n) is 4.52. The van der Waals surface area contributed by atoms with E-state index in [-0.39, 0.29) is 17.6 Å². The number of rotatable bonds is 7. The van der Waals surface area contributed by atoms with Crippen LogP contribution < -0.4 is 5.32 Å². The van der Waals surface area contributed by atoms with Crippen molar-refractivity contribution in [3.8, 4) is 0 Å². The van der Waals surface area contributed by atoms with Crippen molar-refractivity contribution in [2.24, 2.45) is 5.41 Å². The molecule has 0 aromatic carbocycles. The molecule has 4 heteroatoms. The average Bonchev–Trinajstić information content (AvgIpc) is 3.07. The molecule has 1 saturated heterocycles. The predicted octanol–water partition coefficient (Wildman–Crippen LogP) is 0.848. The van der Waals surface area contributed by atoms with Gasteiger partial charge in [-0.05, 0) is 40.2 Å². The van der Waals surface area contributed by atoms with Gasteiger partial charge in [0.15, 0.2) is 0 Å². The van der Waals surface area contributed by atoms with E-state index in [9.17, 15) is 5.11 Å². The van der Waals surface area contributed by atoms with Gasteiger partial charge in [0.05, 0.1) is 13.2 Å². The maximum atomic E-state index is 9.46. The summed E-state index contributed by atoms with van der Waals surface area (Å²) >= 11 is 0. The molecule has 2 aliphatic rings. The fourth-order valence-electron chi connectivity index (χ4n) is 2.46. The van der Waals surface area contributed by atoms with Gasteiger partial charge in [-0.2, -0.15) is 0 Å². The summed E-state index contributed by atoms with van der Waals surface area (Å²) in [6.45, 7) is 8.12. The predicted molar refractivity (Wildman–Crippen MR) is 72.7 cm³/mol. The van der Waals surface area contributed by atoms with Crippen LogP contribution >= 0.6 is 0 Å². The van der Waals surface area contributed by atoms with Gasteiger partial charge >= 0.3 is 0 Å². The van der Waals surface area contributed by atoms with Crippen molar-refractivity contribution < 1.29 is 9.84 Å². The van der Waals surface area contributed by atoms with Crippen LogP contribution in [0.25, 0.3) is 0 Å². The number of ether oxygens (including phenoxy) is 1. The van der Waals surface area contributed by atoms with Gasteiger partial charge in [-0.3, -0.25) is 4.90 Å². The highest BCUT2D eigenvalue weighted by molar-refractivity contribution is 4.93. The maximum Gasteiger partial charge on any atom is 0.0609 e. The van der Waals surface area contributed by atoms with Gasteiger partial charge in [0, 0.05) is 36.7 Å². The van der Waals surface area contributed by atoms with E-state index in [1.165, 1.54) is 12.8 Å². The molecular formula is C14H28N2O2. The van der Waals surface area contributed by atoms with Crippen molar-refractivity contribution >= 4 is 0 Å². The van der Waals surface area contributed by atoms with Gasteiger partial charge in [0.1, 0.15) is 0 Å². The van der Waals surface area contributed by atoms with Crippen molar-refractivity contribution in [2.75, 3.05) is 40.0 Å². The minimum absolute atomic E-state index is 0.158. The highest BCUT2D eigenvalue weighted by atomic mass is 16.5. The normalized spacial score (nSPS) is 29.2. The molecule has 1 saturated carbocycles. The van der Waals surface area contributed by atoms with E-state index in [4.69, 9.17) is 4.74 Å². The Kier molecular flexibility index (Phi) is 4.32. The van der Waals surface area contributed by atoms with Crippen LogP contribution in [0.2, 0.25) is 0 Å². The molecule has 18 heavy (non-hydrogen) atoms. The van der Waals surface area contributed by atoms with Gasteiger partial charge in [-0.15, -0.1) is 0 Å². The number of nitrogens with zero attached hydrogens (tertiary/aromatic N) is 1. The van der Waals surface area contributed by atoms with Crippen LogP contribution in [0.4, 0.5) is 0 Å². The summed E-state index contributed by atoms with van der Waals surface area (Å²) in [7, 11) is 2.10.